The summed E-state index contributed by atoms with van der Waals surface area (Å²) >= 11 is 0. The van der Waals surface area contributed by atoms with Crippen LogP contribution in [0, 0.1) is 0 Å². The van der Waals surface area contributed by atoms with Gasteiger partial charge in [-0.3, -0.25) is 0 Å². The van der Waals surface area contributed by atoms with Gasteiger partial charge in [0.2, 0.25) is 0 Å². The molecule has 3 fully saturated rings. The molecule has 0 radical (unpaired) electrons. The molecule has 2 heterocycles. The minimum atomic E-state index is -0.374. The maximum absolute atomic E-state index is 7.27. The van der Waals surface area contributed by atoms with E-state index in [9.17, 15) is 0 Å². The molecule has 4 rings (SSSR count). The first-order valence-corrected chi connectivity index (χ1v) is 13.8. The quantitative estimate of drug-likeness (QED) is 0.483. The minimum absolute atomic E-state index is 0.0150. The van der Waals surface area contributed by atoms with Crippen LogP contribution < -0.4 is 10.2 Å². The van der Waals surface area contributed by atoms with E-state index in [0.717, 1.165) is 31.4 Å². The predicted octanol–water partition coefficient (Wildman–Crippen LogP) is 7.51. The van der Waals surface area contributed by atoms with Crippen molar-refractivity contribution in [2.75, 3.05) is 0 Å². The molecule has 1 aromatic rings. The Labute approximate surface area is 209 Å². The molecular formula is C30H50N2O2. The fraction of sp³-hybridized carbons (Fsp3) is 0.800. The van der Waals surface area contributed by atoms with Crippen molar-refractivity contribution in [1.82, 2.24) is 10.4 Å². The molecule has 0 spiro atoms. The number of benzene rings is 1. The van der Waals surface area contributed by atoms with Crippen LogP contribution in [0.15, 0.2) is 24.3 Å². The average Bonchev–Trinajstić information content (AvgIpc) is 2.69. The maximum Gasteiger partial charge on any atom is 0.153 e. The lowest BCUT2D eigenvalue weighted by Gasteiger charge is -2.55. The molecule has 3 aliphatic rings. The number of hydroxylamine groups is 2. The van der Waals surface area contributed by atoms with E-state index in [2.05, 4.69) is 90.0 Å². The average molecular weight is 471 g/mol. The van der Waals surface area contributed by atoms with E-state index >= 15 is 0 Å². The summed E-state index contributed by atoms with van der Waals surface area (Å²) in [5.74, 6) is 0.967. The molecule has 1 N–H and O–H groups in total. The molecule has 0 atom stereocenters. The molecule has 1 saturated carbocycles. The molecule has 1 aliphatic carbocycles. The zero-order valence-corrected chi connectivity index (χ0v) is 23.2. The van der Waals surface area contributed by atoms with Crippen LogP contribution in [0.25, 0.3) is 0 Å². The van der Waals surface area contributed by atoms with Crippen molar-refractivity contribution in [3.05, 3.63) is 29.8 Å². The number of nitrogens with zero attached hydrogens (tertiary/aromatic N) is 1. The van der Waals surface area contributed by atoms with Gasteiger partial charge in [-0.1, -0.05) is 37.5 Å². The number of piperidine rings is 2. The van der Waals surface area contributed by atoms with Gasteiger partial charge >= 0.3 is 0 Å². The highest BCUT2D eigenvalue weighted by atomic mass is 16.7. The van der Waals surface area contributed by atoms with Crippen LogP contribution in [0.2, 0.25) is 0 Å². The second kappa shape index (κ2) is 9.09. The summed E-state index contributed by atoms with van der Waals surface area (Å²) in [4.78, 5) is 6.95. The molecule has 4 nitrogen and oxygen atoms in total. The van der Waals surface area contributed by atoms with Crippen molar-refractivity contribution in [3.8, 4) is 5.75 Å². The van der Waals surface area contributed by atoms with Crippen LogP contribution in [0.3, 0.4) is 0 Å². The normalized spacial score (nSPS) is 28.4. The van der Waals surface area contributed by atoms with E-state index in [4.69, 9.17) is 9.57 Å². The third kappa shape index (κ3) is 5.50. The van der Waals surface area contributed by atoms with Gasteiger partial charge in [-0.25, -0.2) is 0 Å². The molecule has 1 aromatic carbocycles. The lowest BCUT2D eigenvalue weighted by molar-refractivity contribution is -0.220. The fourth-order valence-electron chi connectivity index (χ4n) is 7.58. The second-order valence-corrected chi connectivity index (χ2v) is 14.0. The van der Waals surface area contributed by atoms with Crippen LogP contribution in [-0.4, -0.2) is 33.3 Å². The zero-order valence-electron chi connectivity index (χ0n) is 23.2. The SMILES string of the molecule is CC1(C)CC(OC2CCCCC2)(c2ccccc2ON2C(C)(C)CCCC2(C)C)CC(C)(C)N1. The van der Waals surface area contributed by atoms with Gasteiger partial charge < -0.3 is 14.9 Å². The number of para-hydroxylation sites is 1. The largest absolute Gasteiger partial charge is 0.405 e. The number of nitrogens with one attached hydrogen (secondary N) is 1. The van der Waals surface area contributed by atoms with E-state index in [-0.39, 0.29) is 27.8 Å². The summed E-state index contributed by atoms with van der Waals surface area (Å²) in [5.41, 5.74) is 0.750. The van der Waals surface area contributed by atoms with E-state index < -0.39 is 0 Å². The van der Waals surface area contributed by atoms with Gasteiger partial charge in [-0.2, -0.15) is 0 Å². The highest BCUT2D eigenvalue weighted by Crippen LogP contribution is 2.50. The Morgan fingerprint density at radius 2 is 1.32 bits per heavy atom. The first kappa shape index (κ1) is 26.0. The van der Waals surface area contributed by atoms with Gasteiger partial charge in [-0.15, -0.1) is 5.06 Å². The Balaban J connectivity index is 1.77. The molecule has 192 valence electrons. The van der Waals surface area contributed by atoms with Gasteiger partial charge in [0.1, 0.15) is 5.60 Å². The number of ether oxygens (including phenoxy) is 1. The van der Waals surface area contributed by atoms with Crippen molar-refractivity contribution in [1.29, 1.82) is 0 Å². The van der Waals surface area contributed by atoms with Crippen molar-refractivity contribution >= 4 is 0 Å². The number of hydrogen-bond donors (Lipinski definition) is 1. The smallest absolute Gasteiger partial charge is 0.153 e. The third-order valence-electron chi connectivity index (χ3n) is 8.32. The Hall–Kier alpha value is -1.10. The highest BCUT2D eigenvalue weighted by molar-refractivity contribution is 5.40. The maximum atomic E-state index is 7.27. The van der Waals surface area contributed by atoms with E-state index in [1.54, 1.807) is 0 Å². The minimum Gasteiger partial charge on any atom is -0.405 e. The van der Waals surface area contributed by atoms with Gasteiger partial charge in [0.05, 0.1) is 17.2 Å². The Kier molecular flexibility index (Phi) is 6.94. The molecule has 4 heteroatoms. The van der Waals surface area contributed by atoms with Gasteiger partial charge in [0.15, 0.2) is 5.75 Å². The fourth-order valence-corrected chi connectivity index (χ4v) is 7.58. The topological polar surface area (TPSA) is 33.7 Å². The van der Waals surface area contributed by atoms with E-state index in [1.165, 1.54) is 44.1 Å². The molecule has 0 amide bonds. The Morgan fingerprint density at radius 1 is 0.765 bits per heavy atom. The summed E-state index contributed by atoms with van der Waals surface area (Å²) in [7, 11) is 0. The molecule has 0 aromatic heterocycles. The van der Waals surface area contributed by atoms with Crippen LogP contribution >= 0.6 is 0 Å². The molecule has 2 saturated heterocycles. The van der Waals surface area contributed by atoms with Gasteiger partial charge in [0, 0.05) is 16.6 Å². The number of hydrogen-bond acceptors (Lipinski definition) is 4. The molecule has 2 aliphatic heterocycles. The lowest BCUT2D eigenvalue weighted by atomic mass is 9.69. The van der Waals surface area contributed by atoms with Crippen LogP contribution in [0.5, 0.6) is 5.75 Å². The summed E-state index contributed by atoms with van der Waals surface area (Å²) in [6.07, 6.45) is 12.0. The lowest BCUT2D eigenvalue weighted by Crippen LogP contribution is -2.63. The molecule has 0 unspecified atom stereocenters. The van der Waals surface area contributed by atoms with Crippen LogP contribution in [-0.2, 0) is 10.3 Å². The third-order valence-corrected chi connectivity index (χ3v) is 8.32. The number of rotatable bonds is 5. The molecular weight excluding hydrogens is 420 g/mol. The predicted molar refractivity (Wildman–Crippen MR) is 141 cm³/mol. The molecule has 34 heavy (non-hydrogen) atoms. The monoisotopic (exact) mass is 470 g/mol. The van der Waals surface area contributed by atoms with E-state index in [1.807, 2.05) is 0 Å². The Morgan fingerprint density at radius 3 is 1.91 bits per heavy atom. The van der Waals surface area contributed by atoms with Crippen molar-refractivity contribution in [3.63, 3.8) is 0 Å². The summed E-state index contributed by atoms with van der Waals surface area (Å²) in [6, 6.07) is 8.74. The van der Waals surface area contributed by atoms with Gasteiger partial charge in [0.25, 0.3) is 0 Å². The van der Waals surface area contributed by atoms with Crippen LogP contribution in [0.4, 0.5) is 0 Å². The summed E-state index contributed by atoms with van der Waals surface area (Å²) in [6.45, 7) is 18.6. The van der Waals surface area contributed by atoms with Crippen LogP contribution in [0.1, 0.15) is 125 Å². The van der Waals surface area contributed by atoms with Crippen molar-refractivity contribution < 1.29 is 9.57 Å². The second-order valence-electron chi connectivity index (χ2n) is 14.0. The van der Waals surface area contributed by atoms with Gasteiger partial charge in [-0.05, 0) is 106 Å². The molecule has 0 bridgehead atoms. The first-order valence-electron chi connectivity index (χ1n) is 13.8. The standard InChI is InChI=1S/C30H50N2O2/c1-26(2)21-30(22-27(3,4)31-26,33-23-15-10-9-11-16-23)24-17-12-13-18-25(24)34-32-28(5,6)19-14-20-29(32,7)8/h12-13,17-18,23,31H,9-11,14-16,19-22H2,1-8H3. The Bertz CT molecular complexity index is 819. The van der Waals surface area contributed by atoms with Crippen molar-refractivity contribution in [2.45, 2.75) is 153 Å². The van der Waals surface area contributed by atoms with Crippen molar-refractivity contribution in [2.24, 2.45) is 0 Å². The summed E-state index contributed by atoms with van der Waals surface area (Å²) < 4.78 is 7.27. The van der Waals surface area contributed by atoms with E-state index in [0.29, 0.717) is 6.10 Å². The first-order chi connectivity index (χ1) is 15.7. The summed E-state index contributed by atoms with van der Waals surface area (Å²) in [5, 5.41) is 6.18. The zero-order chi connectivity index (χ0) is 24.8. The highest BCUT2D eigenvalue weighted by Gasteiger charge is 2.52.